The number of thiocarbonyl (C=S) groups is 1. The fourth-order valence-electron chi connectivity index (χ4n) is 2.25. The number of hydrogen-bond donors (Lipinski definition) is 2. The quantitative estimate of drug-likeness (QED) is 0.410. The first-order valence-corrected chi connectivity index (χ1v) is 6.63. The summed E-state index contributed by atoms with van der Waals surface area (Å²) in [5.74, 6) is 1.25. The van der Waals surface area contributed by atoms with Crippen LogP contribution in [-0.4, -0.2) is 10.8 Å². The molecular weight excluding hydrogens is 218 g/mol. The highest BCUT2D eigenvalue weighted by molar-refractivity contribution is 7.80. The van der Waals surface area contributed by atoms with Crippen molar-refractivity contribution >= 4 is 23.0 Å². The lowest BCUT2D eigenvalue weighted by molar-refractivity contribution is 0.378. The Morgan fingerprint density at radius 3 is 2.06 bits per heavy atom. The van der Waals surface area contributed by atoms with Crippen LogP contribution in [0.4, 0.5) is 0 Å². The van der Waals surface area contributed by atoms with Gasteiger partial charge in [-0.1, -0.05) is 40.5 Å². The summed E-state index contributed by atoms with van der Waals surface area (Å²) in [6, 6.07) is 0. The van der Waals surface area contributed by atoms with E-state index in [2.05, 4.69) is 38.2 Å². The molecule has 0 aromatic carbocycles. The van der Waals surface area contributed by atoms with Gasteiger partial charge in [-0.05, 0) is 31.0 Å². The zero-order valence-corrected chi connectivity index (χ0v) is 11.7. The molecule has 0 heterocycles. The standard InChI is InChI=1S/C12H25N3S/c1-5-9(6-2)10(7-3)11(8-4)14-15-12(13)16/h9-10H,5-8H2,1-4H3,(H3,13,15,16)/b14-11-. The molecule has 3 N–H and O–H groups in total. The van der Waals surface area contributed by atoms with Crippen LogP contribution in [-0.2, 0) is 0 Å². The van der Waals surface area contributed by atoms with Crippen molar-refractivity contribution in [2.45, 2.75) is 53.4 Å². The summed E-state index contributed by atoms with van der Waals surface area (Å²) in [4.78, 5) is 0. The van der Waals surface area contributed by atoms with Gasteiger partial charge in [0.2, 0.25) is 0 Å². The Kier molecular flexibility index (Phi) is 8.16. The van der Waals surface area contributed by atoms with Gasteiger partial charge in [0.15, 0.2) is 5.11 Å². The van der Waals surface area contributed by atoms with Crippen LogP contribution in [0, 0.1) is 11.8 Å². The van der Waals surface area contributed by atoms with Crippen LogP contribution in [0.2, 0.25) is 0 Å². The van der Waals surface area contributed by atoms with Gasteiger partial charge in [-0.15, -0.1) is 0 Å². The second kappa shape index (κ2) is 8.50. The molecule has 0 bridgehead atoms. The SMILES string of the molecule is CC/C(=N/NC(N)=S)C(CC)C(CC)CC. The van der Waals surface area contributed by atoms with Crippen LogP contribution in [0.5, 0.6) is 0 Å². The zero-order valence-electron chi connectivity index (χ0n) is 10.9. The van der Waals surface area contributed by atoms with Crippen LogP contribution in [0.15, 0.2) is 5.10 Å². The third kappa shape index (κ3) is 4.92. The Balaban J connectivity index is 4.72. The van der Waals surface area contributed by atoms with Crippen molar-refractivity contribution < 1.29 is 0 Å². The van der Waals surface area contributed by atoms with Crippen LogP contribution in [0.3, 0.4) is 0 Å². The molecule has 1 atom stereocenters. The molecule has 0 aromatic heterocycles. The first-order chi connectivity index (χ1) is 7.60. The van der Waals surface area contributed by atoms with E-state index in [4.69, 9.17) is 18.0 Å². The summed E-state index contributed by atoms with van der Waals surface area (Å²) in [7, 11) is 0. The van der Waals surface area contributed by atoms with Crippen molar-refractivity contribution in [1.29, 1.82) is 0 Å². The molecule has 0 aliphatic carbocycles. The summed E-state index contributed by atoms with van der Waals surface area (Å²) >= 11 is 4.77. The topological polar surface area (TPSA) is 50.4 Å². The van der Waals surface area contributed by atoms with Crippen molar-refractivity contribution in [1.82, 2.24) is 5.43 Å². The Labute approximate surface area is 105 Å². The summed E-state index contributed by atoms with van der Waals surface area (Å²) < 4.78 is 0. The van der Waals surface area contributed by atoms with Gasteiger partial charge < -0.3 is 5.73 Å². The lowest BCUT2D eigenvalue weighted by Gasteiger charge is -2.25. The summed E-state index contributed by atoms with van der Waals surface area (Å²) in [5.41, 5.74) is 9.29. The minimum absolute atomic E-state index is 0.241. The van der Waals surface area contributed by atoms with E-state index in [9.17, 15) is 0 Å². The Morgan fingerprint density at radius 1 is 1.19 bits per heavy atom. The molecule has 0 aliphatic heterocycles. The lowest BCUT2D eigenvalue weighted by Crippen LogP contribution is -2.29. The number of rotatable bonds is 7. The summed E-state index contributed by atoms with van der Waals surface area (Å²) in [5, 5.41) is 4.57. The molecule has 0 aliphatic rings. The third-order valence-electron chi connectivity index (χ3n) is 3.16. The summed E-state index contributed by atoms with van der Waals surface area (Å²) in [6.45, 7) is 8.83. The van der Waals surface area contributed by atoms with Crippen molar-refractivity contribution in [2.75, 3.05) is 0 Å². The smallest absolute Gasteiger partial charge is 0.184 e. The van der Waals surface area contributed by atoms with E-state index >= 15 is 0 Å². The number of hydrazone groups is 1. The summed E-state index contributed by atoms with van der Waals surface area (Å²) in [6.07, 6.45) is 4.46. The van der Waals surface area contributed by atoms with E-state index in [0.717, 1.165) is 12.8 Å². The van der Waals surface area contributed by atoms with Crippen molar-refractivity contribution in [3.63, 3.8) is 0 Å². The van der Waals surface area contributed by atoms with Crippen LogP contribution in [0.1, 0.15) is 53.4 Å². The van der Waals surface area contributed by atoms with Crippen LogP contribution in [0.25, 0.3) is 0 Å². The predicted molar refractivity (Wildman–Crippen MR) is 75.5 cm³/mol. The molecular formula is C12H25N3S. The van der Waals surface area contributed by atoms with Gasteiger partial charge in [0.05, 0.1) is 0 Å². The molecule has 4 heteroatoms. The normalized spacial score (nSPS) is 13.9. The van der Waals surface area contributed by atoms with Gasteiger partial charge in [0.25, 0.3) is 0 Å². The molecule has 0 amide bonds. The molecule has 0 rings (SSSR count). The number of hydrogen-bond acceptors (Lipinski definition) is 2. The average Bonchev–Trinajstić information content (AvgIpc) is 2.28. The largest absolute Gasteiger partial charge is 0.375 e. The molecule has 3 nitrogen and oxygen atoms in total. The van der Waals surface area contributed by atoms with Gasteiger partial charge in [-0.2, -0.15) is 5.10 Å². The second-order valence-corrected chi connectivity index (χ2v) is 4.46. The van der Waals surface area contributed by atoms with E-state index in [1.807, 2.05) is 0 Å². The zero-order chi connectivity index (χ0) is 12.6. The van der Waals surface area contributed by atoms with E-state index in [-0.39, 0.29) is 5.11 Å². The molecule has 0 saturated carbocycles. The Bertz CT molecular complexity index is 234. The van der Waals surface area contributed by atoms with E-state index in [1.54, 1.807) is 0 Å². The van der Waals surface area contributed by atoms with E-state index < -0.39 is 0 Å². The molecule has 1 unspecified atom stereocenters. The first-order valence-electron chi connectivity index (χ1n) is 6.22. The molecule has 0 radical (unpaired) electrons. The highest BCUT2D eigenvalue weighted by Gasteiger charge is 2.21. The highest BCUT2D eigenvalue weighted by atomic mass is 32.1. The molecule has 0 aromatic rings. The van der Waals surface area contributed by atoms with E-state index in [0.29, 0.717) is 11.8 Å². The Morgan fingerprint density at radius 2 is 1.75 bits per heavy atom. The average molecular weight is 243 g/mol. The lowest BCUT2D eigenvalue weighted by atomic mass is 9.82. The molecule has 0 fully saturated rings. The maximum Gasteiger partial charge on any atom is 0.184 e. The number of nitrogens with zero attached hydrogens (tertiary/aromatic N) is 1. The third-order valence-corrected chi connectivity index (χ3v) is 3.25. The number of nitrogens with two attached hydrogens (primary N) is 1. The monoisotopic (exact) mass is 243 g/mol. The fraction of sp³-hybridized carbons (Fsp3) is 0.833. The van der Waals surface area contributed by atoms with Crippen molar-refractivity contribution in [3.8, 4) is 0 Å². The van der Waals surface area contributed by atoms with Gasteiger partial charge in [0.1, 0.15) is 0 Å². The van der Waals surface area contributed by atoms with Gasteiger partial charge in [-0.25, -0.2) is 0 Å². The van der Waals surface area contributed by atoms with E-state index in [1.165, 1.54) is 18.6 Å². The van der Waals surface area contributed by atoms with Crippen LogP contribution >= 0.6 is 12.2 Å². The van der Waals surface area contributed by atoms with Gasteiger partial charge in [-0.3, -0.25) is 5.43 Å². The molecule has 0 spiro atoms. The predicted octanol–water partition coefficient (Wildman–Crippen LogP) is 3.05. The minimum Gasteiger partial charge on any atom is -0.375 e. The Hall–Kier alpha value is -0.640. The molecule has 0 saturated heterocycles. The minimum atomic E-state index is 0.241. The molecule has 94 valence electrons. The van der Waals surface area contributed by atoms with Crippen molar-refractivity contribution in [3.05, 3.63) is 0 Å². The maximum atomic E-state index is 5.39. The van der Waals surface area contributed by atoms with Crippen LogP contribution < -0.4 is 11.2 Å². The maximum absolute atomic E-state index is 5.39. The molecule has 16 heavy (non-hydrogen) atoms. The number of nitrogens with one attached hydrogen (secondary N) is 1. The first kappa shape index (κ1) is 15.4. The second-order valence-electron chi connectivity index (χ2n) is 4.02. The van der Waals surface area contributed by atoms with Crippen molar-refractivity contribution in [2.24, 2.45) is 22.7 Å². The highest BCUT2D eigenvalue weighted by Crippen LogP contribution is 2.25. The van der Waals surface area contributed by atoms with Gasteiger partial charge in [0, 0.05) is 11.6 Å². The fourth-order valence-corrected chi connectivity index (χ4v) is 2.30. The van der Waals surface area contributed by atoms with Gasteiger partial charge >= 0.3 is 0 Å².